The molecule has 2 aliphatic heterocycles. The molecule has 21 heavy (non-hydrogen) atoms. The quantitative estimate of drug-likeness (QED) is 0.942. The van der Waals surface area contributed by atoms with Crippen LogP contribution >= 0.6 is 11.3 Å². The highest BCUT2D eigenvalue weighted by Gasteiger charge is 2.35. The van der Waals surface area contributed by atoms with Gasteiger partial charge in [0.15, 0.2) is 0 Å². The third kappa shape index (κ3) is 2.72. The average Bonchev–Trinajstić information content (AvgIpc) is 2.88. The molecule has 2 unspecified atom stereocenters. The van der Waals surface area contributed by atoms with E-state index in [9.17, 15) is 0 Å². The van der Waals surface area contributed by atoms with Gasteiger partial charge in [0.25, 0.3) is 0 Å². The lowest BCUT2D eigenvalue weighted by Crippen LogP contribution is -2.54. The lowest BCUT2D eigenvalue weighted by atomic mass is 9.82. The van der Waals surface area contributed by atoms with Gasteiger partial charge in [-0.2, -0.15) is 0 Å². The summed E-state index contributed by atoms with van der Waals surface area (Å²) in [7, 11) is 2.32. The Hall–Kier alpha value is -0.970. The van der Waals surface area contributed by atoms with Crippen LogP contribution in [0.25, 0.3) is 10.2 Å². The first kappa shape index (κ1) is 13.7. The van der Waals surface area contributed by atoms with Gasteiger partial charge in [0.2, 0.25) is 0 Å². The van der Waals surface area contributed by atoms with Crippen molar-refractivity contribution >= 4 is 21.6 Å². The molecule has 0 spiro atoms. The van der Waals surface area contributed by atoms with Gasteiger partial charge < -0.3 is 10.2 Å². The lowest BCUT2D eigenvalue weighted by molar-refractivity contribution is 0.0482. The fraction of sp³-hybridized carbons (Fsp3) is 0.588. The number of fused-ring (bicyclic) bond motifs is 3. The van der Waals surface area contributed by atoms with E-state index in [0.717, 1.165) is 24.1 Å². The Morgan fingerprint density at radius 3 is 2.76 bits per heavy atom. The minimum absolute atomic E-state index is 0.670. The van der Waals surface area contributed by atoms with Crippen LogP contribution in [0.2, 0.25) is 0 Å². The summed E-state index contributed by atoms with van der Waals surface area (Å²) in [6.45, 7) is 0.924. The summed E-state index contributed by atoms with van der Waals surface area (Å²) in [5.41, 5.74) is 1.14. The second kappa shape index (κ2) is 5.67. The zero-order chi connectivity index (χ0) is 14.2. The Labute approximate surface area is 130 Å². The van der Waals surface area contributed by atoms with Crippen molar-refractivity contribution in [1.29, 1.82) is 0 Å². The van der Waals surface area contributed by atoms with E-state index in [1.165, 1.54) is 41.8 Å². The minimum atomic E-state index is 0.670. The number of rotatable bonds is 3. The molecule has 2 fully saturated rings. The molecule has 112 valence electrons. The van der Waals surface area contributed by atoms with Crippen LogP contribution in [0.5, 0.6) is 0 Å². The van der Waals surface area contributed by atoms with E-state index >= 15 is 0 Å². The third-order valence-corrected chi connectivity index (χ3v) is 6.26. The molecule has 2 bridgehead atoms. The second-order valence-electron chi connectivity index (χ2n) is 6.53. The molecule has 1 aromatic heterocycles. The van der Waals surface area contributed by atoms with Gasteiger partial charge in [0.1, 0.15) is 5.01 Å². The number of hydrogen-bond donors (Lipinski definition) is 1. The van der Waals surface area contributed by atoms with Crippen LogP contribution in [0, 0.1) is 0 Å². The standard InChI is InChI=1S/C17H23N3S/c1-20-13-5-4-6-14(20)10-12(9-13)18-11-17-19-15-7-2-3-8-16(15)21-17/h2-3,7-8,12-14,18H,4-6,9-11H2,1H3. The maximum Gasteiger partial charge on any atom is 0.108 e. The van der Waals surface area contributed by atoms with Crippen LogP contribution in [0.15, 0.2) is 24.3 Å². The van der Waals surface area contributed by atoms with Gasteiger partial charge in [0, 0.05) is 24.7 Å². The van der Waals surface area contributed by atoms with Crippen LogP contribution < -0.4 is 5.32 Å². The van der Waals surface area contributed by atoms with Crippen LogP contribution in [0.4, 0.5) is 0 Å². The number of aromatic nitrogens is 1. The van der Waals surface area contributed by atoms with E-state index in [1.807, 2.05) is 11.3 Å². The molecule has 0 amide bonds. The third-order valence-electron chi connectivity index (χ3n) is 5.22. The molecule has 2 atom stereocenters. The summed E-state index contributed by atoms with van der Waals surface area (Å²) < 4.78 is 1.30. The smallest absolute Gasteiger partial charge is 0.108 e. The SMILES string of the molecule is CN1C2CCCC1CC(NCc1nc3ccccc3s1)C2. The molecule has 4 rings (SSSR count). The first-order valence-electron chi connectivity index (χ1n) is 8.09. The van der Waals surface area contributed by atoms with E-state index in [-0.39, 0.29) is 0 Å². The fourth-order valence-corrected chi connectivity index (χ4v) is 4.93. The number of thiazole rings is 1. The Kier molecular flexibility index (Phi) is 3.69. The molecule has 3 nitrogen and oxygen atoms in total. The summed E-state index contributed by atoms with van der Waals surface area (Å²) in [5.74, 6) is 0. The Bertz CT molecular complexity index is 576. The molecule has 4 heteroatoms. The monoisotopic (exact) mass is 301 g/mol. The van der Waals surface area contributed by atoms with E-state index in [1.54, 1.807) is 0 Å². The zero-order valence-corrected chi connectivity index (χ0v) is 13.4. The maximum absolute atomic E-state index is 4.73. The highest BCUT2D eigenvalue weighted by atomic mass is 32.1. The van der Waals surface area contributed by atoms with Crippen molar-refractivity contribution in [2.75, 3.05) is 7.05 Å². The molecule has 1 aromatic carbocycles. The molecule has 0 saturated carbocycles. The van der Waals surface area contributed by atoms with Gasteiger partial charge in [-0.1, -0.05) is 18.6 Å². The van der Waals surface area contributed by atoms with E-state index in [2.05, 4.69) is 41.5 Å². The molecule has 0 aliphatic carbocycles. The van der Waals surface area contributed by atoms with Gasteiger partial charge >= 0.3 is 0 Å². The Balaban J connectivity index is 1.40. The topological polar surface area (TPSA) is 28.2 Å². The number of hydrogen-bond acceptors (Lipinski definition) is 4. The predicted molar refractivity (Wildman–Crippen MR) is 88.7 cm³/mol. The molecule has 2 aliphatic rings. The van der Waals surface area contributed by atoms with E-state index in [0.29, 0.717) is 6.04 Å². The number of para-hydroxylation sites is 1. The maximum atomic E-state index is 4.73. The fourth-order valence-electron chi connectivity index (χ4n) is 4.01. The molecular formula is C17H23N3S. The molecule has 3 heterocycles. The van der Waals surface area contributed by atoms with Crippen molar-refractivity contribution in [1.82, 2.24) is 15.2 Å². The zero-order valence-electron chi connectivity index (χ0n) is 12.6. The predicted octanol–water partition coefficient (Wildman–Crippen LogP) is 3.40. The highest BCUT2D eigenvalue weighted by molar-refractivity contribution is 7.18. The number of piperidine rings is 2. The van der Waals surface area contributed by atoms with Gasteiger partial charge in [-0.15, -0.1) is 11.3 Å². The summed E-state index contributed by atoms with van der Waals surface area (Å²) in [5, 5.41) is 4.99. The van der Waals surface area contributed by atoms with Crippen molar-refractivity contribution in [3.05, 3.63) is 29.3 Å². The number of nitrogens with one attached hydrogen (secondary N) is 1. The summed E-state index contributed by atoms with van der Waals surface area (Å²) in [6.07, 6.45) is 6.79. The van der Waals surface area contributed by atoms with E-state index < -0.39 is 0 Å². The van der Waals surface area contributed by atoms with Crippen LogP contribution in [-0.4, -0.2) is 35.1 Å². The van der Waals surface area contributed by atoms with Gasteiger partial charge in [-0.3, -0.25) is 0 Å². The van der Waals surface area contributed by atoms with Crippen molar-refractivity contribution in [3.8, 4) is 0 Å². The highest BCUT2D eigenvalue weighted by Crippen LogP contribution is 2.32. The van der Waals surface area contributed by atoms with E-state index in [4.69, 9.17) is 4.98 Å². The second-order valence-corrected chi connectivity index (χ2v) is 7.64. The van der Waals surface area contributed by atoms with Crippen molar-refractivity contribution in [3.63, 3.8) is 0 Å². The minimum Gasteiger partial charge on any atom is -0.308 e. The van der Waals surface area contributed by atoms with Crippen molar-refractivity contribution in [2.45, 2.75) is 56.8 Å². The normalized spacial score (nSPS) is 29.9. The van der Waals surface area contributed by atoms with Crippen LogP contribution in [0.1, 0.15) is 37.1 Å². The van der Waals surface area contributed by atoms with Crippen molar-refractivity contribution in [2.24, 2.45) is 0 Å². The van der Waals surface area contributed by atoms with Crippen LogP contribution in [-0.2, 0) is 6.54 Å². The first-order chi connectivity index (χ1) is 10.3. The summed E-state index contributed by atoms with van der Waals surface area (Å²) >= 11 is 1.82. The van der Waals surface area contributed by atoms with Gasteiger partial charge in [-0.05, 0) is 44.9 Å². The van der Waals surface area contributed by atoms with Gasteiger partial charge in [-0.25, -0.2) is 4.98 Å². The number of nitrogens with zero attached hydrogens (tertiary/aromatic N) is 2. The summed E-state index contributed by atoms with van der Waals surface area (Å²) in [4.78, 5) is 7.35. The average molecular weight is 301 g/mol. The Morgan fingerprint density at radius 2 is 2.00 bits per heavy atom. The first-order valence-corrected chi connectivity index (χ1v) is 8.91. The lowest BCUT2D eigenvalue weighted by Gasteiger charge is -2.47. The summed E-state index contributed by atoms with van der Waals surface area (Å²) in [6, 6.07) is 10.7. The largest absolute Gasteiger partial charge is 0.308 e. The molecule has 2 aromatic rings. The van der Waals surface area contributed by atoms with Gasteiger partial charge in [0.05, 0.1) is 10.2 Å². The molecule has 2 saturated heterocycles. The van der Waals surface area contributed by atoms with Crippen molar-refractivity contribution < 1.29 is 0 Å². The molecular weight excluding hydrogens is 278 g/mol. The Morgan fingerprint density at radius 1 is 1.24 bits per heavy atom. The number of benzene rings is 1. The molecule has 0 radical (unpaired) electrons. The van der Waals surface area contributed by atoms with Crippen LogP contribution in [0.3, 0.4) is 0 Å². The molecule has 1 N–H and O–H groups in total.